The number of methoxy groups -OCH3 is 3. The molecule has 2 atom stereocenters. The Bertz CT molecular complexity index is 395. The molecule has 4 heteroatoms. The third kappa shape index (κ3) is 4.78. The van der Waals surface area contributed by atoms with Gasteiger partial charge in [-0.15, -0.1) is 0 Å². The molecule has 1 N–H and O–H groups in total. The molecule has 0 saturated heterocycles. The van der Waals surface area contributed by atoms with Crippen molar-refractivity contribution in [3.05, 3.63) is 29.3 Å². The maximum Gasteiger partial charge on any atom is 0.124 e. The SMILES string of the molecule is CCC(COC)NC(C)c1ccc(OC)c(COC)c1. The van der Waals surface area contributed by atoms with Gasteiger partial charge < -0.3 is 19.5 Å². The first kappa shape index (κ1) is 17.0. The predicted molar refractivity (Wildman–Crippen MR) is 81.2 cm³/mol. The van der Waals surface area contributed by atoms with E-state index in [1.807, 2.05) is 6.07 Å². The molecule has 0 fully saturated rings. The molecule has 0 aliphatic rings. The summed E-state index contributed by atoms with van der Waals surface area (Å²) in [5.74, 6) is 0.867. The molecule has 0 spiro atoms. The molecule has 1 aromatic carbocycles. The van der Waals surface area contributed by atoms with Gasteiger partial charge in [-0.2, -0.15) is 0 Å². The van der Waals surface area contributed by atoms with Crippen molar-refractivity contribution in [1.29, 1.82) is 0 Å². The molecular formula is C16H27NO3. The van der Waals surface area contributed by atoms with Gasteiger partial charge in [-0.25, -0.2) is 0 Å². The van der Waals surface area contributed by atoms with Crippen LogP contribution in [0.25, 0.3) is 0 Å². The Balaban J connectivity index is 2.81. The van der Waals surface area contributed by atoms with Crippen LogP contribution in [0, 0.1) is 0 Å². The van der Waals surface area contributed by atoms with Gasteiger partial charge in [0, 0.05) is 31.9 Å². The zero-order valence-electron chi connectivity index (χ0n) is 13.2. The van der Waals surface area contributed by atoms with E-state index in [0.717, 1.165) is 24.3 Å². The van der Waals surface area contributed by atoms with E-state index in [2.05, 4.69) is 31.3 Å². The number of hydrogen-bond acceptors (Lipinski definition) is 4. The lowest BCUT2D eigenvalue weighted by atomic mass is 10.0. The summed E-state index contributed by atoms with van der Waals surface area (Å²) in [6.45, 7) is 5.60. The minimum atomic E-state index is 0.261. The van der Waals surface area contributed by atoms with Crippen LogP contribution in [0.2, 0.25) is 0 Å². The highest BCUT2D eigenvalue weighted by molar-refractivity contribution is 5.38. The molecule has 0 aromatic heterocycles. The first-order valence-corrected chi connectivity index (χ1v) is 7.06. The lowest BCUT2D eigenvalue weighted by Gasteiger charge is -2.23. The maximum atomic E-state index is 5.35. The van der Waals surface area contributed by atoms with Gasteiger partial charge >= 0.3 is 0 Å². The van der Waals surface area contributed by atoms with Crippen molar-refractivity contribution in [2.45, 2.75) is 39.0 Å². The van der Waals surface area contributed by atoms with E-state index in [4.69, 9.17) is 14.2 Å². The maximum absolute atomic E-state index is 5.35. The summed E-state index contributed by atoms with van der Waals surface area (Å²) in [5.41, 5.74) is 2.30. The average Bonchev–Trinajstić information content (AvgIpc) is 2.46. The highest BCUT2D eigenvalue weighted by atomic mass is 16.5. The molecule has 0 radical (unpaired) electrons. The molecule has 0 saturated carbocycles. The van der Waals surface area contributed by atoms with Crippen molar-refractivity contribution in [3.8, 4) is 5.75 Å². The Hall–Kier alpha value is -1.10. The molecule has 1 aromatic rings. The molecule has 0 aliphatic heterocycles. The molecule has 1 rings (SSSR count). The highest BCUT2D eigenvalue weighted by Crippen LogP contribution is 2.24. The highest BCUT2D eigenvalue weighted by Gasteiger charge is 2.13. The number of hydrogen-bond donors (Lipinski definition) is 1. The second-order valence-corrected chi connectivity index (χ2v) is 4.95. The van der Waals surface area contributed by atoms with Gasteiger partial charge in [0.05, 0.1) is 20.3 Å². The molecule has 0 amide bonds. The molecular weight excluding hydrogens is 254 g/mol. The predicted octanol–water partition coefficient (Wildman–Crippen LogP) is 2.92. The third-order valence-corrected chi connectivity index (χ3v) is 3.45. The van der Waals surface area contributed by atoms with Crippen LogP contribution in [-0.4, -0.2) is 34.0 Å². The van der Waals surface area contributed by atoms with Gasteiger partial charge in [-0.05, 0) is 31.0 Å². The Morgan fingerprint density at radius 3 is 2.45 bits per heavy atom. The normalized spacial score (nSPS) is 14.1. The smallest absolute Gasteiger partial charge is 0.124 e. The van der Waals surface area contributed by atoms with Crippen LogP contribution in [0.5, 0.6) is 5.75 Å². The van der Waals surface area contributed by atoms with Crippen LogP contribution in [-0.2, 0) is 16.1 Å². The molecule has 0 bridgehead atoms. The van der Waals surface area contributed by atoms with E-state index in [1.165, 1.54) is 5.56 Å². The minimum Gasteiger partial charge on any atom is -0.496 e. The first-order valence-electron chi connectivity index (χ1n) is 7.06. The Morgan fingerprint density at radius 1 is 1.15 bits per heavy atom. The zero-order chi connectivity index (χ0) is 15.0. The van der Waals surface area contributed by atoms with Crippen molar-refractivity contribution >= 4 is 0 Å². The summed E-state index contributed by atoms with van der Waals surface area (Å²) in [6, 6.07) is 6.85. The average molecular weight is 281 g/mol. The zero-order valence-corrected chi connectivity index (χ0v) is 13.2. The van der Waals surface area contributed by atoms with Gasteiger partial charge in [-0.1, -0.05) is 13.0 Å². The van der Waals surface area contributed by atoms with Crippen LogP contribution in [0.1, 0.15) is 37.4 Å². The fraction of sp³-hybridized carbons (Fsp3) is 0.625. The van der Waals surface area contributed by atoms with Gasteiger partial charge in [0.15, 0.2) is 0 Å². The fourth-order valence-electron chi connectivity index (χ4n) is 2.27. The minimum absolute atomic E-state index is 0.261. The standard InChI is InChI=1S/C16H27NO3/c1-6-15(11-19-4)17-12(2)13-7-8-16(20-5)14(9-13)10-18-3/h7-9,12,15,17H,6,10-11H2,1-5H3. The van der Waals surface area contributed by atoms with Crippen molar-refractivity contribution < 1.29 is 14.2 Å². The van der Waals surface area contributed by atoms with E-state index in [1.54, 1.807) is 21.3 Å². The summed E-state index contributed by atoms with van der Waals surface area (Å²) in [7, 11) is 5.11. The summed E-state index contributed by atoms with van der Waals surface area (Å²) < 4.78 is 15.8. The van der Waals surface area contributed by atoms with E-state index in [0.29, 0.717) is 12.6 Å². The summed E-state index contributed by atoms with van der Waals surface area (Å²) in [6.07, 6.45) is 1.04. The van der Waals surface area contributed by atoms with E-state index >= 15 is 0 Å². The second kappa shape index (κ2) is 8.95. The third-order valence-electron chi connectivity index (χ3n) is 3.45. The molecule has 114 valence electrons. The quantitative estimate of drug-likeness (QED) is 0.755. The van der Waals surface area contributed by atoms with Crippen molar-refractivity contribution in [2.24, 2.45) is 0 Å². The van der Waals surface area contributed by atoms with Crippen molar-refractivity contribution in [1.82, 2.24) is 5.32 Å². The monoisotopic (exact) mass is 281 g/mol. The van der Waals surface area contributed by atoms with Gasteiger partial charge in [0.1, 0.15) is 5.75 Å². The van der Waals surface area contributed by atoms with Crippen LogP contribution < -0.4 is 10.1 Å². The largest absolute Gasteiger partial charge is 0.496 e. The lowest BCUT2D eigenvalue weighted by molar-refractivity contribution is 0.159. The van der Waals surface area contributed by atoms with Crippen LogP contribution >= 0.6 is 0 Å². The number of benzene rings is 1. The molecule has 2 unspecified atom stereocenters. The Labute approximate surface area is 122 Å². The van der Waals surface area contributed by atoms with E-state index < -0.39 is 0 Å². The van der Waals surface area contributed by atoms with Crippen LogP contribution in [0.15, 0.2) is 18.2 Å². The van der Waals surface area contributed by atoms with Gasteiger partial charge in [-0.3, -0.25) is 0 Å². The van der Waals surface area contributed by atoms with E-state index in [9.17, 15) is 0 Å². The molecule has 4 nitrogen and oxygen atoms in total. The second-order valence-electron chi connectivity index (χ2n) is 4.95. The molecule has 0 aliphatic carbocycles. The summed E-state index contributed by atoms with van der Waals surface area (Å²) >= 11 is 0. The fourth-order valence-corrected chi connectivity index (χ4v) is 2.27. The summed E-state index contributed by atoms with van der Waals surface area (Å²) in [4.78, 5) is 0. The van der Waals surface area contributed by atoms with Crippen LogP contribution in [0.4, 0.5) is 0 Å². The Kier molecular flexibility index (Phi) is 7.59. The lowest BCUT2D eigenvalue weighted by Crippen LogP contribution is -2.34. The molecule has 0 heterocycles. The number of ether oxygens (including phenoxy) is 3. The van der Waals surface area contributed by atoms with Crippen molar-refractivity contribution in [3.63, 3.8) is 0 Å². The van der Waals surface area contributed by atoms with Crippen LogP contribution in [0.3, 0.4) is 0 Å². The first-order chi connectivity index (χ1) is 9.65. The molecule has 20 heavy (non-hydrogen) atoms. The van der Waals surface area contributed by atoms with Gasteiger partial charge in [0.2, 0.25) is 0 Å². The van der Waals surface area contributed by atoms with Crippen molar-refractivity contribution in [2.75, 3.05) is 27.9 Å². The van der Waals surface area contributed by atoms with Gasteiger partial charge in [0.25, 0.3) is 0 Å². The topological polar surface area (TPSA) is 39.7 Å². The van der Waals surface area contributed by atoms with E-state index in [-0.39, 0.29) is 6.04 Å². The number of rotatable bonds is 9. The Morgan fingerprint density at radius 2 is 1.90 bits per heavy atom. The summed E-state index contributed by atoms with van der Waals surface area (Å²) in [5, 5.41) is 3.58. The number of nitrogens with one attached hydrogen (secondary N) is 1.